The molecule has 0 unspecified atom stereocenters. The number of carbonyl (C=O) groups excluding carboxylic acids is 2. The molecule has 0 N–H and O–H groups in total. The summed E-state index contributed by atoms with van der Waals surface area (Å²) in [6, 6.07) is 5.33. The fourth-order valence-corrected chi connectivity index (χ4v) is 5.25. The third-order valence-corrected chi connectivity index (χ3v) is 7.14. The van der Waals surface area contributed by atoms with E-state index in [-0.39, 0.29) is 23.7 Å². The Labute approximate surface area is 191 Å². The molecule has 5 nitrogen and oxygen atoms in total. The van der Waals surface area contributed by atoms with Gasteiger partial charge in [-0.05, 0) is 50.3 Å². The summed E-state index contributed by atoms with van der Waals surface area (Å²) in [5.74, 6) is 0.558. The molecule has 2 heterocycles. The van der Waals surface area contributed by atoms with Gasteiger partial charge in [-0.2, -0.15) is 0 Å². The summed E-state index contributed by atoms with van der Waals surface area (Å²) in [7, 11) is 0. The van der Waals surface area contributed by atoms with Gasteiger partial charge in [0.25, 0.3) is 0 Å². The fourth-order valence-electron chi connectivity index (χ4n) is 3.89. The van der Waals surface area contributed by atoms with Gasteiger partial charge in [-0.1, -0.05) is 30.1 Å². The van der Waals surface area contributed by atoms with Crippen molar-refractivity contribution in [2.75, 3.05) is 24.5 Å². The summed E-state index contributed by atoms with van der Waals surface area (Å²) in [6.45, 7) is 4.04. The van der Waals surface area contributed by atoms with Crippen molar-refractivity contribution in [2.45, 2.75) is 39.0 Å². The van der Waals surface area contributed by atoms with E-state index < -0.39 is 0 Å². The summed E-state index contributed by atoms with van der Waals surface area (Å²) in [6.07, 6.45) is 4.33. The maximum absolute atomic E-state index is 13.3. The van der Waals surface area contributed by atoms with Gasteiger partial charge < -0.3 is 4.90 Å². The molecule has 2 amide bonds. The molecule has 1 saturated heterocycles. The van der Waals surface area contributed by atoms with E-state index in [2.05, 4.69) is 6.92 Å². The highest BCUT2D eigenvalue weighted by Crippen LogP contribution is 2.35. The van der Waals surface area contributed by atoms with Crippen LogP contribution in [0.1, 0.15) is 39.0 Å². The monoisotopic (exact) mass is 465 g/mol. The van der Waals surface area contributed by atoms with Crippen LogP contribution in [0.15, 0.2) is 23.6 Å². The molecule has 2 aromatic rings. The molecule has 30 heavy (non-hydrogen) atoms. The molecule has 1 aliphatic carbocycles. The van der Waals surface area contributed by atoms with E-state index in [1.165, 1.54) is 11.3 Å². The second-order valence-electron chi connectivity index (χ2n) is 8.00. The minimum absolute atomic E-state index is 0.0636. The number of nitrogens with zero attached hydrogens (tertiary/aromatic N) is 3. The zero-order valence-corrected chi connectivity index (χ0v) is 19.3. The molecule has 1 aliphatic heterocycles. The highest BCUT2D eigenvalue weighted by Gasteiger charge is 2.37. The lowest BCUT2D eigenvalue weighted by Crippen LogP contribution is -2.45. The number of carbonyl (C=O) groups is 2. The first-order valence-electron chi connectivity index (χ1n) is 10.5. The molecular weight excluding hydrogens is 441 g/mol. The smallest absolute Gasteiger partial charge is 0.232 e. The van der Waals surface area contributed by atoms with Crippen LogP contribution in [-0.4, -0.2) is 41.3 Å². The van der Waals surface area contributed by atoms with E-state index in [4.69, 9.17) is 28.2 Å². The number of anilines is 1. The van der Waals surface area contributed by atoms with Crippen LogP contribution in [-0.2, 0) is 9.59 Å². The van der Waals surface area contributed by atoms with Gasteiger partial charge in [0.05, 0.1) is 10.7 Å². The molecule has 0 atom stereocenters. The molecule has 0 radical (unpaired) electrons. The Morgan fingerprint density at radius 1 is 1.17 bits per heavy atom. The average molecular weight is 466 g/mol. The lowest BCUT2D eigenvalue weighted by atomic mass is 9.95. The van der Waals surface area contributed by atoms with Crippen LogP contribution in [0.25, 0.3) is 11.3 Å². The molecule has 1 aromatic carbocycles. The summed E-state index contributed by atoms with van der Waals surface area (Å²) in [5.41, 5.74) is 1.55. The molecule has 1 saturated carbocycles. The normalized spacial score (nSPS) is 17.2. The minimum Gasteiger partial charge on any atom is -0.342 e. The van der Waals surface area contributed by atoms with Gasteiger partial charge in [-0.25, -0.2) is 4.98 Å². The van der Waals surface area contributed by atoms with Crippen molar-refractivity contribution in [1.29, 1.82) is 0 Å². The first-order valence-corrected chi connectivity index (χ1v) is 12.1. The second kappa shape index (κ2) is 9.25. The number of likely N-dealkylation sites (tertiary alicyclic amines) is 1. The third kappa shape index (κ3) is 4.66. The maximum atomic E-state index is 13.3. The maximum Gasteiger partial charge on any atom is 0.232 e. The Hall–Kier alpha value is -1.63. The molecule has 4 rings (SSSR count). The van der Waals surface area contributed by atoms with E-state index in [1.807, 2.05) is 16.3 Å². The van der Waals surface area contributed by atoms with Crippen LogP contribution in [0.5, 0.6) is 0 Å². The van der Waals surface area contributed by atoms with Crippen molar-refractivity contribution < 1.29 is 9.59 Å². The zero-order chi connectivity index (χ0) is 21.3. The third-order valence-electron chi connectivity index (χ3n) is 5.73. The number of halogens is 2. The molecule has 8 heteroatoms. The molecule has 0 bridgehead atoms. The lowest BCUT2D eigenvalue weighted by molar-refractivity contribution is -0.136. The van der Waals surface area contributed by atoms with Crippen molar-refractivity contribution in [3.63, 3.8) is 0 Å². The van der Waals surface area contributed by atoms with E-state index in [0.717, 1.165) is 43.4 Å². The van der Waals surface area contributed by atoms with Crippen molar-refractivity contribution in [3.05, 3.63) is 33.6 Å². The fraction of sp³-hybridized carbons (Fsp3) is 0.500. The van der Waals surface area contributed by atoms with Crippen molar-refractivity contribution in [1.82, 2.24) is 9.88 Å². The van der Waals surface area contributed by atoms with Crippen LogP contribution in [0, 0.1) is 11.8 Å². The van der Waals surface area contributed by atoms with Crippen LogP contribution in [0.2, 0.25) is 10.0 Å². The van der Waals surface area contributed by atoms with E-state index >= 15 is 0 Å². The highest BCUT2D eigenvalue weighted by atomic mass is 35.5. The Bertz CT molecular complexity index is 936. The number of hydrogen-bond acceptors (Lipinski definition) is 4. The van der Waals surface area contributed by atoms with Gasteiger partial charge in [0.2, 0.25) is 11.8 Å². The van der Waals surface area contributed by atoms with E-state index in [0.29, 0.717) is 34.8 Å². The molecule has 2 aliphatic rings. The number of aromatic nitrogens is 1. The molecule has 1 aromatic heterocycles. The SMILES string of the molecule is CCCN(C(=O)C1CCN(C(=O)C2CC2)CC1)c1nc(-c2ccc(Cl)cc2Cl)cs1. The largest absolute Gasteiger partial charge is 0.342 e. The number of rotatable bonds is 6. The first-order chi connectivity index (χ1) is 14.5. The van der Waals surface area contributed by atoms with Crippen LogP contribution in [0.3, 0.4) is 0 Å². The Morgan fingerprint density at radius 2 is 1.90 bits per heavy atom. The van der Waals surface area contributed by atoms with Crippen LogP contribution >= 0.6 is 34.5 Å². The molecule has 2 fully saturated rings. The summed E-state index contributed by atoms with van der Waals surface area (Å²) in [4.78, 5) is 34.1. The standard InChI is InChI=1S/C22H25Cl2N3O2S/c1-2-9-27(21(29)15-7-10-26(11-8-15)20(28)14-3-4-14)22-25-19(13-30-22)17-6-5-16(23)12-18(17)24/h5-6,12-15H,2-4,7-11H2,1H3. The Balaban J connectivity index is 1.46. The van der Waals surface area contributed by atoms with Crippen molar-refractivity contribution in [3.8, 4) is 11.3 Å². The van der Waals surface area contributed by atoms with Crippen LogP contribution in [0.4, 0.5) is 5.13 Å². The topological polar surface area (TPSA) is 53.5 Å². The predicted octanol–water partition coefficient (Wildman–Crippen LogP) is 5.51. The summed E-state index contributed by atoms with van der Waals surface area (Å²) in [5, 5.41) is 3.74. The van der Waals surface area contributed by atoms with Crippen molar-refractivity contribution >= 4 is 51.5 Å². The molecule has 0 spiro atoms. The summed E-state index contributed by atoms with van der Waals surface area (Å²) < 4.78 is 0. The van der Waals surface area contributed by atoms with E-state index in [1.54, 1.807) is 17.0 Å². The van der Waals surface area contributed by atoms with Gasteiger partial charge >= 0.3 is 0 Å². The zero-order valence-electron chi connectivity index (χ0n) is 16.9. The Morgan fingerprint density at radius 3 is 2.53 bits per heavy atom. The Kier molecular flexibility index (Phi) is 6.66. The number of thiazole rings is 1. The highest BCUT2D eigenvalue weighted by molar-refractivity contribution is 7.14. The van der Waals surface area contributed by atoms with Gasteiger partial charge in [-0.15, -0.1) is 11.3 Å². The molecular formula is C22H25Cl2N3O2S. The van der Waals surface area contributed by atoms with E-state index in [9.17, 15) is 9.59 Å². The number of amides is 2. The summed E-state index contributed by atoms with van der Waals surface area (Å²) >= 11 is 13.8. The van der Waals surface area contributed by atoms with Gasteiger partial charge in [-0.3, -0.25) is 14.5 Å². The first kappa shape index (κ1) is 21.6. The van der Waals surface area contributed by atoms with Gasteiger partial charge in [0.1, 0.15) is 0 Å². The van der Waals surface area contributed by atoms with Crippen molar-refractivity contribution in [2.24, 2.45) is 11.8 Å². The van der Waals surface area contributed by atoms with Crippen LogP contribution < -0.4 is 4.90 Å². The van der Waals surface area contributed by atoms with Gasteiger partial charge in [0, 0.05) is 47.4 Å². The number of piperidine rings is 1. The second-order valence-corrected chi connectivity index (χ2v) is 9.68. The minimum atomic E-state index is -0.0636. The number of benzene rings is 1. The lowest BCUT2D eigenvalue weighted by Gasteiger charge is -2.33. The molecule has 160 valence electrons. The quantitative estimate of drug-likeness (QED) is 0.564. The predicted molar refractivity (Wildman–Crippen MR) is 122 cm³/mol. The number of hydrogen-bond donors (Lipinski definition) is 0. The van der Waals surface area contributed by atoms with Gasteiger partial charge in [0.15, 0.2) is 5.13 Å². The average Bonchev–Trinajstić information content (AvgIpc) is 3.49.